The molecule has 1 aromatic heterocycles. The zero-order chi connectivity index (χ0) is 19.5. The van der Waals surface area contributed by atoms with Crippen LogP contribution in [0.25, 0.3) is 11.3 Å². The van der Waals surface area contributed by atoms with Crippen LogP contribution in [0, 0.1) is 5.82 Å². The highest BCUT2D eigenvalue weighted by molar-refractivity contribution is 9.10. The van der Waals surface area contributed by atoms with Gasteiger partial charge in [0.15, 0.2) is 11.9 Å². The number of thioether (sulfide) groups is 1. The molecule has 0 unspecified atom stereocenters. The summed E-state index contributed by atoms with van der Waals surface area (Å²) in [5, 5.41) is 12.6. The minimum Gasteiger partial charge on any atom is -0.448 e. The second-order valence-corrected chi connectivity index (χ2v) is 8.31. The van der Waals surface area contributed by atoms with Crippen molar-refractivity contribution in [2.45, 2.75) is 31.1 Å². The topological polar surface area (TPSA) is 59.9 Å². The largest absolute Gasteiger partial charge is 0.448 e. The van der Waals surface area contributed by atoms with E-state index >= 15 is 0 Å². The summed E-state index contributed by atoms with van der Waals surface area (Å²) in [6, 6.07) is 12.1. The second-order valence-electron chi connectivity index (χ2n) is 6.33. The second kappa shape index (κ2) is 8.45. The molecule has 0 amide bonds. The molecule has 3 aromatic rings. The van der Waals surface area contributed by atoms with E-state index in [2.05, 4.69) is 43.4 Å². The van der Waals surface area contributed by atoms with Crippen molar-refractivity contribution in [3.8, 4) is 17.1 Å². The summed E-state index contributed by atoms with van der Waals surface area (Å²) in [6.45, 7) is 2.15. The highest BCUT2D eigenvalue weighted by Crippen LogP contribution is 2.40. The summed E-state index contributed by atoms with van der Waals surface area (Å²) in [7, 11) is 0. The van der Waals surface area contributed by atoms with Crippen LogP contribution in [-0.2, 0) is 0 Å². The number of rotatable bonds is 5. The van der Waals surface area contributed by atoms with Crippen molar-refractivity contribution in [1.29, 1.82) is 0 Å². The summed E-state index contributed by atoms with van der Waals surface area (Å²) >= 11 is 5.07. The first-order chi connectivity index (χ1) is 13.6. The Balaban J connectivity index is 1.76. The Labute approximate surface area is 175 Å². The molecule has 0 bridgehead atoms. The number of hydrogen-bond acceptors (Lipinski definition) is 6. The highest BCUT2D eigenvalue weighted by atomic mass is 79.9. The zero-order valence-corrected chi connectivity index (χ0v) is 17.6. The van der Waals surface area contributed by atoms with E-state index in [0.29, 0.717) is 16.7 Å². The number of hydrogen-bond donors (Lipinski definition) is 1. The van der Waals surface area contributed by atoms with Crippen LogP contribution in [0.2, 0.25) is 0 Å². The number of fused-ring (bicyclic) bond motifs is 3. The number of nitrogens with one attached hydrogen (secondary N) is 1. The molecule has 1 aliphatic rings. The Morgan fingerprint density at radius 2 is 2.00 bits per heavy atom. The predicted octanol–water partition coefficient (Wildman–Crippen LogP) is 5.84. The van der Waals surface area contributed by atoms with Gasteiger partial charge in [0, 0.05) is 27.0 Å². The Kier molecular flexibility index (Phi) is 5.77. The van der Waals surface area contributed by atoms with Gasteiger partial charge in [-0.1, -0.05) is 53.2 Å². The van der Waals surface area contributed by atoms with Crippen LogP contribution in [0.4, 0.5) is 10.1 Å². The third kappa shape index (κ3) is 4.12. The molecule has 0 aliphatic carbocycles. The minimum atomic E-state index is -0.521. The molecule has 8 heteroatoms. The monoisotopic (exact) mass is 460 g/mol. The van der Waals surface area contributed by atoms with Crippen molar-refractivity contribution in [2.75, 3.05) is 11.1 Å². The first-order valence-electron chi connectivity index (χ1n) is 9.00. The van der Waals surface area contributed by atoms with Crippen molar-refractivity contribution in [2.24, 2.45) is 0 Å². The number of benzene rings is 2. The molecule has 1 N–H and O–H groups in total. The fourth-order valence-electron chi connectivity index (χ4n) is 2.83. The molecule has 1 atom stereocenters. The van der Waals surface area contributed by atoms with E-state index < -0.39 is 6.23 Å². The van der Waals surface area contributed by atoms with Crippen molar-refractivity contribution < 1.29 is 9.13 Å². The van der Waals surface area contributed by atoms with Gasteiger partial charge in [-0.05, 0) is 36.8 Å². The number of aromatic nitrogens is 3. The molecule has 144 valence electrons. The van der Waals surface area contributed by atoms with E-state index in [9.17, 15) is 4.39 Å². The molecule has 1 aliphatic heterocycles. The van der Waals surface area contributed by atoms with Gasteiger partial charge in [0.05, 0.1) is 0 Å². The normalized spacial score (nSPS) is 15.0. The molecule has 28 heavy (non-hydrogen) atoms. The predicted molar refractivity (Wildman–Crippen MR) is 112 cm³/mol. The van der Waals surface area contributed by atoms with Gasteiger partial charge in [-0.25, -0.2) is 4.39 Å². The molecule has 0 saturated carbocycles. The lowest BCUT2D eigenvalue weighted by Gasteiger charge is -2.19. The molecule has 0 fully saturated rings. The maximum absolute atomic E-state index is 13.4. The van der Waals surface area contributed by atoms with Crippen LogP contribution in [0.3, 0.4) is 0 Å². The number of unbranched alkanes of at least 4 members (excludes halogenated alkanes) is 1. The van der Waals surface area contributed by atoms with Gasteiger partial charge in [0.25, 0.3) is 0 Å². The van der Waals surface area contributed by atoms with Gasteiger partial charge in [-0.2, -0.15) is 4.98 Å². The SMILES string of the molecule is CCCCSc1nnc2c(n1)O[C@@H](c1ccc(F)cc1)Nc1ccc(Br)cc1-2. The van der Waals surface area contributed by atoms with E-state index in [1.165, 1.54) is 12.1 Å². The zero-order valence-electron chi connectivity index (χ0n) is 15.2. The quantitative estimate of drug-likeness (QED) is 0.381. The molecule has 0 saturated heterocycles. The third-order valence-corrected chi connectivity index (χ3v) is 5.71. The Morgan fingerprint density at radius 3 is 2.79 bits per heavy atom. The summed E-state index contributed by atoms with van der Waals surface area (Å²) in [4.78, 5) is 4.60. The number of ether oxygens (including phenoxy) is 1. The molecule has 5 nitrogen and oxygen atoms in total. The van der Waals surface area contributed by atoms with Crippen LogP contribution in [0.15, 0.2) is 52.1 Å². The lowest BCUT2D eigenvalue weighted by molar-refractivity contribution is 0.225. The Bertz CT molecular complexity index is 986. The maximum atomic E-state index is 13.4. The van der Waals surface area contributed by atoms with E-state index in [1.54, 1.807) is 23.9 Å². The fourth-order valence-corrected chi connectivity index (χ4v) is 4.05. The molecular formula is C20H18BrFN4OS. The van der Waals surface area contributed by atoms with Crippen molar-refractivity contribution in [1.82, 2.24) is 15.2 Å². The summed E-state index contributed by atoms with van der Waals surface area (Å²) in [5.74, 6) is 1.05. The maximum Gasteiger partial charge on any atom is 0.247 e. The number of nitrogens with zero attached hydrogens (tertiary/aromatic N) is 3. The van der Waals surface area contributed by atoms with Crippen LogP contribution < -0.4 is 10.1 Å². The smallest absolute Gasteiger partial charge is 0.247 e. The summed E-state index contributed by atoms with van der Waals surface area (Å²) < 4.78 is 20.5. The van der Waals surface area contributed by atoms with Gasteiger partial charge in [-0.3, -0.25) is 0 Å². The summed E-state index contributed by atoms with van der Waals surface area (Å²) in [5.41, 5.74) is 3.06. The van der Waals surface area contributed by atoms with E-state index in [0.717, 1.165) is 39.9 Å². The molecule has 0 spiro atoms. The lowest BCUT2D eigenvalue weighted by Crippen LogP contribution is -2.17. The average molecular weight is 461 g/mol. The van der Waals surface area contributed by atoms with Crippen molar-refractivity contribution >= 4 is 33.4 Å². The van der Waals surface area contributed by atoms with E-state index in [1.807, 2.05) is 18.2 Å². The Morgan fingerprint density at radius 1 is 1.18 bits per heavy atom. The van der Waals surface area contributed by atoms with Crippen LogP contribution in [0.1, 0.15) is 31.6 Å². The molecular weight excluding hydrogens is 443 g/mol. The van der Waals surface area contributed by atoms with Crippen molar-refractivity contribution in [3.63, 3.8) is 0 Å². The standard InChI is InChI=1S/C20H18BrFN4OS/c1-2-3-10-28-20-24-19-17(25-26-20)15-11-13(21)6-9-16(15)23-18(27-19)12-4-7-14(22)8-5-12/h4-9,11,18,23H,2-3,10H2,1H3/t18-/m0/s1. The number of anilines is 1. The molecule has 2 aromatic carbocycles. The average Bonchev–Trinajstić information content (AvgIpc) is 2.85. The molecule has 0 radical (unpaired) electrons. The number of halogens is 2. The van der Waals surface area contributed by atoms with E-state index in [4.69, 9.17) is 4.74 Å². The van der Waals surface area contributed by atoms with E-state index in [-0.39, 0.29) is 5.82 Å². The van der Waals surface area contributed by atoms with Crippen LogP contribution in [0.5, 0.6) is 5.88 Å². The first kappa shape index (κ1) is 19.1. The summed E-state index contributed by atoms with van der Waals surface area (Å²) in [6.07, 6.45) is 1.67. The minimum absolute atomic E-state index is 0.291. The molecule has 4 rings (SSSR count). The van der Waals surface area contributed by atoms with Gasteiger partial charge in [0.2, 0.25) is 11.0 Å². The highest BCUT2D eigenvalue weighted by Gasteiger charge is 2.26. The van der Waals surface area contributed by atoms with Gasteiger partial charge >= 0.3 is 0 Å². The first-order valence-corrected chi connectivity index (χ1v) is 10.8. The van der Waals surface area contributed by atoms with Crippen LogP contribution >= 0.6 is 27.7 Å². The third-order valence-electron chi connectivity index (χ3n) is 4.29. The van der Waals surface area contributed by atoms with Gasteiger partial charge in [-0.15, -0.1) is 10.2 Å². The molecule has 2 heterocycles. The van der Waals surface area contributed by atoms with Gasteiger partial charge in [0.1, 0.15) is 5.82 Å². The lowest BCUT2D eigenvalue weighted by atomic mass is 10.1. The fraction of sp³-hybridized carbons (Fsp3) is 0.250. The Hall–Kier alpha value is -2.19. The van der Waals surface area contributed by atoms with Crippen LogP contribution in [-0.4, -0.2) is 20.9 Å². The van der Waals surface area contributed by atoms with Gasteiger partial charge < -0.3 is 10.1 Å². The van der Waals surface area contributed by atoms with Crippen molar-refractivity contribution in [3.05, 3.63) is 58.3 Å².